The molecule has 0 fully saturated rings. The molecule has 0 saturated carbocycles. The molecule has 1 aromatic heterocycles. The van der Waals surface area contributed by atoms with Gasteiger partial charge >= 0.3 is 0 Å². The van der Waals surface area contributed by atoms with Crippen LogP contribution in [0.15, 0.2) is 71.9 Å². The Morgan fingerprint density at radius 2 is 1.42 bits per heavy atom. The molecule has 118 valence electrons. The van der Waals surface area contributed by atoms with Crippen LogP contribution in [0.4, 0.5) is 0 Å². The highest BCUT2D eigenvalue weighted by molar-refractivity contribution is 7.89. The van der Waals surface area contributed by atoms with Crippen LogP contribution in [0.5, 0.6) is 0 Å². The van der Waals surface area contributed by atoms with Crippen LogP contribution in [0.3, 0.4) is 0 Å². The van der Waals surface area contributed by atoms with Gasteiger partial charge in [0.1, 0.15) is 0 Å². The van der Waals surface area contributed by atoms with Gasteiger partial charge in [-0.25, -0.2) is 13.6 Å². The summed E-state index contributed by atoms with van der Waals surface area (Å²) in [5.74, 6) is 0. The van der Waals surface area contributed by atoms with E-state index < -0.39 is 10.0 Å². The van der Waals surface area contributed by atoms with Crippen molar-refractivity contribution in [1.82, 2.24) is 4.98 Å². The van der Waals surface area contributed by atoms with Gasteiger partial charge in [-0.05, 0) is 34.9 Å². The average Bonchev–Trinajstić information content (AvgIpc) is 2.61. The number of rotatable bonds is 3. The van der Waals surface area contributed by atoms with E-state index in [9.17, 15) is 8.42 Å². The van der Waals surface area contributed by atoms with E-state index in [4.69, 9.17) is 10.4 Å². The van der Waals surface area contributed by atoms with Crippen LogP contribution in [-0.2, 0) is 10.0 Å². The van der Waals surface area contributed by atoms with Gasteiger partial charge < -0.3 is 0 Å². The summed E-state index contributed by atoms with van der Waals surface area (Å²) in [6.45, 7) is 0. The predicted octanol–water partition coefficient (Wildman–Crippen LogP) is 2.93. The summed E-state index contributed by atoms with van der Waals surface area (Å²) in [7, 11) is -3.69. The Hall–Kier alpha value is -3.01. The van der Waals surface area contributed by atoms with E-state index in [0.717, 1.165) is 22.3 Å². The van der Waals surface area contributed by atoms with Crippen LogP contribution in [0.25, 0.3) is 22.3 Å². The molecular weight excluding hydrogens is 322 g/mol. The van der Waals surface area contributed by atoms with Crippen molar-refractivity contribution in [3.8, 4) is 28.3 Å². The number of hydrogen-bond donors (Lipinski definition) is 1. The second kappa shape index (κ2) is 6.24. The van der Waals surface area contributed by atoms with Crippen molar-refractivity contribution in [2.75, 3.05) is 0 Å². The van der Waals surface area contributed by atoms with E-state index in [1.165, 1.54) is 12.1 Å². The van der Waals surface area contributed by atoms with E-state index in [0.29, 0.717) is 5.56 Å². The lowest BCUT2D eigenvalue weighted by molar-refractivity contribution is 0.598. The molecule has 1 heterocycles. The van der Waals surface area contributed by atoms with Gasteiger partial charge in [0.15, 0.2) is 0 Å². The molecule has 3 aromatic rings. The Balaban J connectivity index is 1.94. The molecule has 0 bridgehead atoms. The minimum atomic E-state index is -3.69. The molecule has 0 aliphatic carbocycles. The number of nitrogens with zero attached hydrogens (tertiary/aromatic N) is 2. The van der Waals surface area contributed by atoms with E-state index in [2.05, 4.69) is 11.1 Å². The maximum absolute atomic E-state index is 11.3. The number of benzene rings is 2. The van der Waals surface area contributed by atoms with E-state index in [-0.39, 0.29) is 4.90 Å². The summed E-state index contributed by atoms with van der Waals surface area (Å²) in [5, 5.41) is 14.3. The predicted molar refractivity (Wildman–Crippen MR) is 91.2 cm³/mol. The standard InChI is InChI=1S/C18H13N3O2S/c19-11-16-9-10-21-12-18(16)15-3-1-13(2-4-15)14-5-7-17(8-6-14)24(20,22)23/h1-10,12H,(H2,20,22,23). The molecule has 0 aliphatic heterocycles. The summed E-state index contributed by atoms with van der Waals surface area (Å²) >= 11 is 0. The summed E-state index contributed by atoms with van der Waals surface area (Å²) in [4.78, 5) is 4.14. The zero-order valence-corrected chi connectivity index (χ0v) is 13.4. The Morgan fingerprint density at radius 1 is 0.875 bits per heavy atom. The topological polar surface area (TPSA) is 96.8 Å². The number of sulfonamides is 1. The fourth-order valence-electron chi connectivity index (χ4n) is 2.40. The second-order valence-electron chi connectivity index (χ2n) is 5.18. The monoisotopic (exact) mass is 335 g/mol. The minimum absolute atomic E-state index is 0.0805. The first-order valence-electron chi connectivity index (χ1n) is 7.07. The molecule has 0 spiro atoms. The molecule has 3 rings (SSSR count). The molecule has 0 atom stereocenters. The Labute approximate surface area is 140 Å². The van der Waals surface area contributed by atoms with Crippen molar-refractivity contribution in [3.05, 3.63) is 72.6 Å². The number of hydrogen-bond acceptors (Lipinski definition) is 4. The van der Waals surface area contributed by atoms with Gasteiger partial charge in [0.2, 0.25) is 10.0 Å². The minimum Gasteiger partial charge on any atom is -0.264 e. The van der Waals surface area contributed by atoms with Crippen molar-refractivity contribution < 1.29 is 8.42 Å². The summed E-state index contributed by atoms with van der Waals surface area (Å²) in [5.41, 5.74) is 4.04. The molecule has 0 saturated heterocycles. The lowest BCUT2D eigenvalue weighted by atomic mass is 9.99. The van der Waals surface area contributed by atoms with Gasteiger partial charge in [0.05, 0.1) is 16.5 Å². The van der Waals surface area contributed by atoms with Gasteiger partial charge in [-0.3, -0.25) is 4.98 Å². The molecule has 24 heavy (non-hydrogen) atoms. The van der Waals surface area contributed by atoms with Crippen LogP contribution >= 0.6 is 0 Å². The van der Waals surface area contributed by atoms with Crippen molar-refractivity contribution in [1.29, 1.82) is 5.26 Å². The van der Waals surface area contributed by atoms with Crippen LogP contribution in [0.2, 0.25) is 0 Å². The van der Waals surface area contributed by atoms with Crippen LogP contribution in [-0.4, -0.2) is 13.4 Å². The second-order valence-corrected chi connectivity index (χ2v) is 6.74. The van der Waals surface area contributed by atoms with E-state index >= 15 is 0 Å². The zero-order valence-electron chi connectivity index (χ0n) is 12.5. The first kappa shape index (κ1) is 15.9. The molecule has 0 aliphatic rings. The normalized spacial score (nSPS) is 11.0. The first-order valence-corrected chi connectivity index (χ1v) is 8.61. The maximum atomic E-state index is 11.3. The van der Waals surface area contributed by atoms with Crippen molar-refractivity contribution in [2.24, 2.45) is 5.14 Å². The number of pyridine rings is 1. The van der Waals surface area contributed by atoms with Crippen molar-refractivity contribution in [3.63, 3.8) is 0 Å². The number of primary sulfonamides is 1. The van der Waals surface area contributed by atoms with E-state index in [1.807, 2.05) is 24.3 Å². The fraction of sp³-hybridized carbons (Fsp3) is 0. The lowest BCUT2D eigenvalue weighted by Gasteiger charge is -2.07. The highest BCUT2D eigenvalue weighted by Crippen LogP contribution is 2.27. The Morgan fingerprint density at radius 3 is 1.96 bits per heavy atom. The molecular formula is C18H13N3O2S. The molecule has 0 amide bonds. The highest BCUT2D eigenvalue weighted by atomic mass is 32.2. The van der Waals surface area contributed by atoms with Crippen LogP contribution in [0, 0.1) is 11.3 Å². The maximum Gasteiger partial charge on any atom is 0.238 e. The fourth-order valence-corrected chi connectivity index (χ4v) is 2.92. The quantitative estimate of drug-likeness (QED) is 0.795. The molecule has 6 heteroatoms. The number of aromatic nitrogens is 1. The van der Waals surface area contributed by atoms with Crippen molar-refractivity contribution >= 4 is 10.0 Å². The number of nitrogens with two attached hydrogens (primary N) is 1. The van der Waals surface area contributed by atoms with Crippen molar-refractivity contribution in [2.45, 2.75) is 4.90 Å². The highest BCUT2D eigenvalue weighted by Gasteiger charge is 2.08. The van der Waals surface area contributed by atoms with E-state index in [1.54, 1.807) is 30.6 Å². The largest absolute Gasteiger partial charge is 0.264 e. The van der Waals surface area contributed by atoms with Gasteiger partial charge in [-0.1, -0.05) is 36.4 Å². The average molecular weight is 335 g/mol. The third-order valence-corrected chi connectivity index (χ3v) is 4.58. The van der Waals surface area contributed by atoms with Gasteiger partial charge in [0.25, 0.3) is 0 Å². The molecule has 2 aromatic carbocycles. The Bertz CT molecular complexity index is 1020. The molecule has 2 N–H and O–H groups in total. The molecule has 5 nitrogen and oxygen atoms in total. The SMILES string of the molecule is N#Cc1ccncc1-c1ccc(-c2ccc(S(N)(=O)=O)cc2)cc1. The number of nitriles is 1. The third-order valence-electron chi connectivity index (χ3n) is 3.65. The smallest absolute Gasteiger partial charge is 0.238 e. The molecule has 0 unspecified atom stereocenters. The van der Waals surface area contributed by atoms with Crippen LogP contribution in [0.1, 0.15) is 5.56 Å². The Kier molecular flexibility index (Phi) is 4.13. The third kappa shape index (κ3) is 3.18. The van der Waals surface area contributed by atoms with Gasteiger partial charge in [-0.2, -0.15) is 5.26 Å². The zero-order chi connectivity index (χ0) is 17.2. The summed E-state index contributed by atoms with van der Waals surface area (Å²) in [6.07, 6.45) is 3.25. The molecule has 0 radical (unpaired) electrons. The summed E-state index contributed by atoms with van der Waals surface area (Å²) in [6, 6.07) is 17.8. The van der Waals surface area contributed by atoms with Gasteiger partial charge in [0, 0.05) is 18.0 Å². The summed E-state index contributed by atoms with van der Waals surface area (Å²) < 4.78 is 22.6. The lowest BCUT2D eigenvalue weighted by Crippen LogP contribution is -2.11. The first-order chi connectivity index (χ1) is 11.5. The van der Waals surface area contributed by atoms with Crippen LogP contribution < -0.4 is 5.14 Å². The van der Waals surface area contributed by atoms with Gasteiger partial charge in [-0.15, -0.1) is 0 Å².